The number of benzene rings is 1. The van der Waals surface area contributed by atoms with Crippen molar-refractivity contribution in [2.45, 2.75) is 39.2 Å². The number of rotatable bonds is 5. The molecule has 3 amide bonds. The van der Waals surface area contributed by atoms with Crippen LogP contribution in [-0.2, 0) is 11.2 Å². The monoisotopic (exact) mass is 335 g/mol. The van der Waals surface area contributed by atoms with Gasteiger partial charge in [0, 0.05) is 32.2 Å². The van der Waals surface area contributed by atoms with E-state index in [2.05, 4.69) is 5.32 Å². The Morgan fingerprint density at radius 1 is 1.17 bits per heavy atom. The van der Waals surface area contributed by atoms with Crippen LogP contribution in [0, 0.1) is 5.82 Å². The average Bonchev–Trinajstić information content (AvgIpc) is 2.58. The zero-order valence-electron chi connectivity index (χ0n) is 14.4. The first-order valence-electron chi connectivity index (χ1n) is 8.61. The lowest BCUT2D eigenvalue weighted by Crippen LogP contribution is -2.50. The number of nitrogens with zero attached hydrogens (tertiary/aromatic N) is 2. The van der Waals surface area contributed by atoms with Crippen molar-refractivity contribution in [1.82, 2.24) is 15.1 Å². The minimum Gasteiger partial charge on any atom is -0.353 e. The second-order valence-electron chi connectivity index (χ2n) is 6.09. The Morgan fingerprint density at radius 3 is 2.29 bits per heavy atom. The van der Waals surface area contributed by atoms with Crippen molar-refractivity contribution in [1.29, 1.82) is 0 Å². The molecule has 0 unspecified atom stereocenters. The predicted molar refractivity (Wildman–Crippen MR) is 91.2 cm³/mol. The second-order valence-corrected chi connectivity index (χ2v) is 6.09. The smallest absolute Gasteiger partial charge is 0.319 e. The summed E-state index contributed by atoms with van der Waals surface area (Å²) in [6.45, 7) is 6.70. The Hall–Kier alpha value is -2.11. The van der Waals surface area contributed by atoms with Gasteiger partial charge in [-0.1, -0.05) is 12.1 Å². The third-order valence-electron chi connectivity index (χ3n) is 4.44. The standard InChI is InChI=1S/C18H26FN3O2/c1-3-21(4-2)18(24)22-11-9-16(10-12-22)20-17(23)13-14-5-7-15(19)8-6-14/h5-8,16H,3-4,9-13H2,1-2H3,(H,20,23). The summed E-state index contributed by atoms with van der Waals surface area (Å²) in [4.78, 5) is 28.0. The van der Waals surface area contributed by atoms with Gasteiger partial charge in [0.2, 0.25) is 5.91 Å². The molecule has 1 heterocycles. The molecule has 132 valence electrons. The first-order chi connectivity index (χ1) is 11.5. The van der Waals surface area contributed by atoms with E-state index in [1.54, 1.807) is 12.1 Å². The van der Waals surface area contributed by atoms with Crippen LogP contribution < -0.4 is 5.32 Å². The fourth-order valence-electron chi connectivity index (χ4n) is 2.98. The van der Waals surface area contributed by atoms with Crippen molar-refractivity contribution in [3.63, 3.8) is 0 Å². The maximum atomic E-state index is 12.9. The molecule has 0 aliphatic carbocycles. The minimum atomic E-state index is -0.301. The summed E-state index contributed by atoms with van der Waals surface area (Å²) in [5, 5.41) is 3.01. The normalized spacial score (nSPS) is 15.2. The van der Waals surface area contributed by atoms with Crippen LogP contribution in [0.2, 0.25) is 0 Å². The van der Waals surface area contributed by atoms with Gasteiger partial charge >= 0.3 is 6.03 Å². The Bertz CT molecular complexity index is 550. The molecule has 0 radical (unpaired) electrons. The summed E-state index contributed by atoms with van der Waals surface area (Å²) in [5.41, 5.74) is 0.794. The summed E-state index contributed by atoms with van der Waals surface area (Å²) in [7, 11) is 0. The lowest BCUT2D eigenvalue weighted by Gasteiger charge is -2.35. The van der Waals surface area contributed by atoms with Gasteiger partial charge < -0.3 is 15.1 Å². The van der Waals surface area contributed by atoms with Gasteiger partial charge in [0.25, 0.3) is 0 Å². The molecular formula is C18H26FN3O2. The second kappa shape index (κ2) is 8.66. The molecule has 1 fully saturated rings. The summed E-state index contributed by atoms with van der Waals surface area (Å²) < 4.78 is 12.9. The highest BCUT2D eigenvalue weighted by Crippen LogP contribution is 2.13. The lowest BCUT2D eigenvalue weighted by atomic mass is 10.0. The molecule has 1 N–H and O–H groups in total. The van der Waals surface area contributed by atoms with E-state index in [9.17, 15) is 14.0 Å². The first-order valence-corrected chi connectivity index (χ1v) is 8.61. The molecular weight excluding hydrogens is 309 g/mol. The summed E-state index contributed by atoms with van der Waals surface area (Å²) >= 11 is 0. The summed E-state index contributed by atoms with van der Waals surface area (Å²) in [6, 6.07) is 6.15. The molecule has 1 aromatic carbocycles. The van der Waals surface area contributed by atoms with Gasteiger partial charge in [-0.15, -0.1) is 0 Å². The van der Waals surface area contributed by atoms with E-state index >= 15 is 0 Å². The van der Waals surface area contributed by atoms with E-state index in [1.807, 2.05) is 23.6 Å². The van der Waals surface area contributed by atoms with Crippen LogP contribution in [0.4, 0.5) is 9.18 Å². The molecule has 0 spiro atoms. The van der Waals surface area contributed by atoms with E-state index in [1.165, 1.54) is 12.1 Å². The highest BCUT2D eigenvalue weighted by atomic mass is 19.1. The fraction of sp³-hybridized carbons (Fsp3) is 0.556. The molecule has 0 bridgehead atoms. The Balaban J connectivity index is 1.77. The van der Waals surface area contributed by atoms with Crippen molar-refractivity contribution >= 4 is 11.9 Å². The highest BCUT2D eigenvalue weighted by molar-refractivity contribution is 5.79. The van der Waals surface area contributed by atoms with Gasteiger partial charge in [0.1, 0.15) is 5.82 Å². The lowest BCUT2D eigenvalue weighted by molar-refractivity contribution is -0.121. The van der Waals surface area contributed by atoms with Crippen molar-refractivity contribution in [2.24, 2.45) is 0 Å². The fourth-order valence-corrected chi connectivity index (χ4v) is 2.98. The summed E-state index contributed by atoms with van der Waals surface area (Å²) in [5.74, 6) is -0.362. The molecule has 0 aromatic heterocycles. The minimum absolute atomic E-state index is 0.0601. The number of carbonyl (C=O) groups is 2. The molecule has 5 nitrogen and oxygen atoms in total. The van der Waals surface area contributed by atoms with Gasteiger partial charge in [0.05, 0.1) is 6.42 Å². The SMILES string of the molecule is CCN(CC)C(=O)N1CCC(NC(=O)Cc2ccc(F)cc2)CC1. The van der Waals surface area contributed by atoms with E-state index in [4.69, 9.17) is 0 Å². The van der Waals surface area contributed by atoms with E-state index in [-0.39, 0.29) is 30.2 Å². The van der Waals surface area contributed by atoms with E-state index in [0.29, 0.717) is 26.2 Å². The van der Waals surface area contributed by atoms with Crippen LogP contribution in [0.3, 0.4) is 0 Å². The Morgan fingerprint density at radius 2 is 1.75 bits per heavy atom. The van der Waals surface area contributed by atoms with Crippen molar-refractivity contribution in [3.8, 4) is 0 Å². The quantitative estimate of drug-likeness (QED) is 0.898. The molecule has 24 heavy (non-hydrogen) atoms. The zero-order chi connectivity index (χ0) is 17.5. The maximum absolute atomic E-state index is 12.9. The van der Waals surface area contributed by atoms with Crippen molar-refractivity contribution < 1.29 is 14.0 Å². The molecule has 6 heteroatoms. The number of carbonyl (C=O) groups excluding carboxylic acids is 2. The molecule has 0 atom stereocenters. The van der Waals surface area contributed by atoms with Crippen LogP contribution in [0.5, 0.6) is 0 Å². The molecule has 1 aliphatic heterocycles. The van der Waals surface area contributed by atoms with Crippen LogP contribution >= 0.6 is 0 Å². The molecule has 2 rings (SSSR count). The molecule has 0 saturated carbocycles. The number of urea groups is 1. The Kier molecular flexibility index (Phi) is 6.58. The van der Waals surface area contributed by atoms with Gasteiger partial charge in [-0.05, 0) is 44.4 Å². The van der Waals surface area contributed by atoms with Crippen LogP contribution in [0.15, 0.2) is 24.3 Å². The first kappa shape index (κ1) is 18.2. The molecule has 1 aliphatic rings. The van der Waals surface area contributed by atoms with E-state index in [0.717, 1.165) is 18.4 Å². The third kappa shape index (κ3) is 4.94. The maximum Gasteiger partial charge on any atom is 0.319 e. The predicted octanol–water partition coefficient (Wildman–Crippen LogP) is 2.41. The molecule has 1 aromatic rings. The van der Waals surface area contributed by atoms with Crippen LogP contribution in [0.1, 0.15) is 32.3 Å². The zero-order valence-corrected chi connectivity index (χ0v) is 14.4. The summed E-state index contributed by atoms with van der Waals surface area (Å²) in [6.07, 6.45) is 1.78. The number of halogens is 1. The van der Waals surface area contributed by atoms with Gasteiger partial charge in [-0.2, -0.15) is 0 Å². The van der Waals surface area contributed by atoms with Gasteiger partial charge in [-0.25, -0.2) is 9.18 Å². The number of likely N-dealkylation sites (tertiary alicyclic amines) is 1. The number of amides is 3. The van der Waals surface area contributed by atoms with E-state index < -0.39 is 0 Å². The largest absolute Gasteiger partial charge is 0.353 e. The van der Waals surface area contributed by atoms with Crippen LogP contribution in [-0.4, -0.2) is 54.0 Å². The van der Waals surface area contributed by atoms with Gasteiger partial charge in [-0.3, -0.25) is 4.79 Å². The Labute approximate surface area is 142 Å². The van der Waals surface area contributed by atoms with Gasteiger partial charge in [0.15, 0.2) is 0 Å². The van der Waals surface area contributed by atoms with Crippen molar-refractivity contribution in [3.05, 3.63) is 35.6 Å². The number of nitrogens with one attached hydrogen (secondary N) is 1. The van der Waals surface area contributed by atoms with Crippen LogP contribution in [0.25, 0.3) is 0 Å². The van der Waals surface area contributed by atoms with Crippen molar-refractivity contribution in [2.75, 3.05) is 26.2 Å². The average molecular weight is 335 g/mol. The number of piperidine rings is 1. The topological polar surface area (TPSA) is 52.7 Å². The highest BCUT2D eigenvalue weighted by Gasteiger charge is 2.25. The number of hydrogen-bond donors (Lipinski definition) is 1. The third-order valence-corrected chi connectivity index (χ3v) is 4.44. The number of hydrogen-bond acceptors (Lipinski definition) is 2. The molecule has 1 saturated heterocycles.